The molecule has 114 valence electrons. The van der Waals surface area contributed by atoms with Gasteiger partial charge in [0.05, 0.1) is 6.04 Å². The summed E-state index contributed by atoms with van der Waals surface area (Å²) in [6, 6.07) is 0.544. The molecule has 2 heterocycles. The second kappa shape index (κ2) is 5.82. The fourth-order valence-corrected chi connectivity index (χ4v) is 2.36. The van der Waals surface area contributed by atoms with E-state index in [0.29, 0.717) is 0 Å². The molecule has 21 heavy (non-hydrogen) atoms. The lowest BCUT2D eigenvalue weighted by molar-refractivity contribution is -0.141. The molecule has 0 aliphatic carbocycles. The number of hydrogen-bond donors (Lipinski definition) is 3. The number of rotatable bonds is 4. The number of nitrogens with two attached hydrogens (primary N) is 1. The van der Waals surface area contributed by atoms with Gasteiger partial charge < -0.3 is 5.32 Å². The zero-order chi connectivity index (χ0) is 15.6. The molecule has 0 amide bonds. The second-order valence-corrected chi connectivity index (χ2v) is 5.55. The Balaban J connectivity index is 2.27. The van der Waals surface area contributed by atoms with E-state index in [1.165, 1.54) is 11.3 Å². The molecule has 0 aliphatic rings. The van der Waals surface area contributed by atoms with E-state index in [9.17, 15) is 13.2 Å². The zero-order valence-electron chi connectivity index (χ0n) is 11.2. The van der Waals surface area contributed by atoms with Crippen LogP contribution in [0, 0.1) is 6.92 Å². The first-order chi connectivity index (χ1) is 9.79. The van der Waals surface area contributed by atoms with Gasteiger partial charge in [-0.05, 0) is 13.8 Å². The Morgan fingerprint density at radius 1 is 1.33 bits per heavy atom. The lowest BCUT2D eigenvalue weighted by Gasteiger charge is -2.14. The molecule has 0 aromatic carbocycles. The van der Waals surface area contributed by atoms with Crippen molar-refractivity contribution in [1.82, 2.24) is 15.0 Å². The Labute approximate surface area is 122 Å². The van der Waals surface area contributed by atoms with Crippen LogP contribution in [0.5, 0.6) is 0 Å². The van der Waals surface area contributed by atoms with Gasteiger partial charge in [-0.2, -0.15) is 18.2 Å². The third-order valence-electron chi connectivity index (χ3n) is 2.52. The van der Waals surface area contributed by atoms with Gasteiger partial charge in [0.25, 0.3) is 0 Å². The van der Waals surface area contributed by atoms with Crippen LogP contribution < -0.4 is 16.6 Å². The monoisotopic (exact) mass is 318 g/mol. The number of thiazole rings is 1. The largest absolute Gasteiger partial charge is 0.433 e. The normalized spacial score (nSPS) is 13.0. The molecule has 0 fully saturated rings. The molecule has 0 saturated carbocycles. The summed E-state index contributed by atoms with van der Waals surface area (Å²) in [4.78, 5) is 12.3. The minimum absolute atomic E-state index is 0.0191. The molecule has 4 N–H and O–H groups in total. The summed E-state index contributed by atoms with van der Waals surface area (Å²) >= 11 is 1.46. The van der Waals surface area contributed by atoms with Gasteiger partial charge >= 0.3 is 6.18 Å². The van der Waals surface area contributed by atoms with Gasteiger partial charge in [0, 0.05) is 17.1 Å². The van der Waals surface area contributed by atoms with E-state index < -0.39 is 11.9 Å². The standard InChI is InChI=1S/C11H13F3N6S/c1-5-4-16-9(21-5)6(2)17-8-3-7(11(12,13)14)18-10(19-8)20-15/h3-4,6H,15H2,1-2H3,(H2,17,18,19,20). The topological polar surface area (TPSA) is 88.8 Å². The van der Waals surface area contributed by atoms with Crippen molar-refractivity contribution in [3.05, 3.63) is 27.8 Å². The number of aromatic nitrogens is 3. The molecule has 0 radical (unpaired) electrons. The highest BCUT2D eigenvalue weighted by Gasteiger charge is 2.33. The van der Waals surface area contributed by atoms with Crippen molar-refractivity contribution in [3.63, 3.8) is 0 Å². The van der Waals surface area contributed by atoms with Crippen LogP contribution in [0.25, 0.3) is 0 Å². The molecule has 6 nitrogen and oxygen atoms in total. The number of alkyl halides is 3. The Bertz CT molecular complexity index is 627. The molecule has 2 aromatic heterocycles. The summed E-state index contributed by atoms with van der Waals surface area (Å²) in [5.74, 6) is 4.80. The van der Waals surface area contributed by atoms with Gasteiger partial charge in [-0.1, -0.05) is 0 Å². The first-order valence-corrected chi connectivity index (χ1v) is 6.73. The highest BCUT2D eigenvalue weighted by atomic mass is 32.1. The number of halogens is 3. The summed E-state index contributed by atoms with van der Waals surface area (Å²) < 4.78 is 38.3. The second-order valence-electron chi connectivity index (χ2n) is 4.28. The minimum Gasteiger partial charge on any atom is -0.361 e. The predicted molar refractivity (Wildman–Crippen MR) is 73.7 cm³/mol. The van der Waals surface area contributed by atoms with Crippen molar-refractivity contribution in [3.8, 4) is 0 Å². The van der Waals surface area contributed by atoms with Gasteiger partial charge in [0.15, 0.2) is 5.69 Å². The van der Waals surface area contributed by atoms with Crippen LogP contribution in [0.15, 0.2) is 12.3 Å². The molecule has 10 heteroatoms. The maximum Gasteiger partial charge on any atom is 0.433 e. The van der Waals surface area contributed by atoms with E-state index in [4.69, 9.17) is 5.84 Å². The number of hydrazine groups is 1. The molecule has 0 bridgehead atoms. The van der Waals surface area contributed by atoms with Gasteiger partial charge in [-0.15, -0.1) is 11.3 Å². The van der Waals surface area contributed by atoms with Crippen LogP contribution >= 0.6 is 11.3 Å². The van der Waals surface area contributed by atoms with E-state index in [0.717, 1.165) is 16.0 Å². The number of nitrogens with one attached hydrogen (secondary N) is 2. The Hall–Kier alpha value is -1.94. The zero-order valence-corrected chi connectivity index (χ0v) is 12.0. The Morgan fingerprint density at radius 2 is 2.05 bits per heavy atom. The fourth-order valence-electron chi connectivity index (χ4n) is 1.59. The quantitative estimate of drug-likeness (QED) is 0.593. The number of hydrogen-bond acceptors (Lipinski definition) is 7. The molecular weight excluding hydrogens is 305 g/mol. The van der Waals surface area contributed by atoms with Crippen LogP contribution in [0.3, 0.4) is 0 Å². The highest BCUT2D eigenvalue weighted by Crippen LogP contribution is 2.30. The lowest BCUT2D eigenvalue weighted by atomic mass is 10.3. The van der Waals surface area contributed by atoms with E-state index in [1.54, 1.807) is 13.1 Å². The molecule has 1 unspecified atom stereocenters. The Kier molecular flexibility index (Phi) is 4.28. The smallest absolute Gasteiger partial charge is 0.361 e. The molecule has 0 saturated heterocycles. The summed E-state index contributed by atoms with van der Waals surface area (Å²) in [5, 5.41) is 3.61. The van der Waals surface area contributed by atoms with Crippen molar-refractivity contribution in [2.24, 2.45) is 5.84 Å². The van der Waals surface area contributed by atoms with E-state index in [1.807, 2.05) is 12.3 Å². The lowest BCUT2D eigenvalue weighted by Crippen LogP contribution is -2.17. The van der Waals surface area contributed by atoms with E-state index >= 15 is 0 Å². The van der Waals surface area contributed by atoms with Crippen LogP contribution in [0.2, 0.25) is 0 Å². The van der Waals surface area contributed by atoms with Crippen LogP contribution in [0.4, 0.5) is 24.9 Å². The maximum atomic E-state index is 12.8. The summed E-state index contributed by atoms with van der Waals surface area (Å²) in [6.07, 6.45) is -2.88. The minimum atomic E-state index is -4.58. The van der Waals surface area contributed by atoms with Crippen molar-refractivity contribution < 1.29 is 13.2 Å². The number of anilines is 2. The van der Waals surface area contributed by atoms with Gasteiger partial charge in [-0.3, -0.25) is 5.43 Å². The molecule has 1 atom stereocenters. The van der Waals surface area contributed by atoms with Crippen molar-refractivity contribution in [2.45, 2.75) is 26.1 Å². The third-order valence-corrected chi connectivity index (χ3v) is 3.62. The molecule has 2 aromatic rings. The molecular formula is C11H13F3N6S. The average molecular weight is 318 g/mol. The van der Waals surface area contributed by atoms with Crippen LogP contribution in [-0.2, 0) is 6.18 Å². The summed E-state index contributed by atoms with van der Waals surface area (Å²) in [5.41, 5.74) is 0.948. The summed E-state index contributed by atoms with van der Waals surface area (Å²) in [7, 11) is 0. The van der Waals surface area contributed by atoms with Crippen LogP contribution in [-0.4, -0.2) is 15.0 Å². The van der Waals surface area contributed by atoms with Crippen molar-refractivity contribution in [1.29, 1.82) is 0 Å². The molecule has 0 spiro atoms. The van der Waals surface area contributed by atoms with Gasteiger partial charge in [-0.25, -0.2) is 15.8 Å². The first-order valence-electron chi connectivity index (χ1n) is 5.91. The number of aryl methyl sites for hydroxylation is 1. The highest BCUT2D eigenvalue weighted by molar-refractivity contribution is 7.11. The molecule has 2 rings (SSSR count). The Morgan fingerprint density at radius 3 is 2.57 bits per heavy atom. The van der Waals surface area contributed by atoms with Crippen LogP contribution in [0.1, 0.15) is 28.5 Å². The van der Waals surface area contributed by atoms with Crippen molar-refractivity contribution in [2.75, 3.05) is 10.7 Å². The third kappa shape index (κ3) is 3.79. The SMILES string of the molecule is Cc1cnc(C(C)Nc2cc(C(F)(F)F)nc(NN)n2)s1. The number of nitrogen functional groups attached to an aromatic ring is 1. The predicted octanol–water partition coefficient (Wildman–Crippen LogP) is 2.72. The fraction of sp³-hybridized carbons (Fsp3) is 0.364. The average Bonchev–Trinajstić information content (AvgIpc) is 2.84. The van der Waals surface area contributed by atoms with Gasteiger partial charge in [0.1, 0.15) is 10.8 Å². The van der Waals surface area contributed by atoms with E-state index in [2.05, 4.69) is 20.3 Å². The molecule has 0 aliphatic heterocycles. The van der Waals surface area contributed by atoms with Gasteiger partial charge in [0.2, 0.25) is 5.95 Å². The summed E-state index contributed by atoms with van der Waals surface area (Å²) in [6.45, 7) is 3.68. The van der Waals surface area contributed by atoms with Crippen molar-refractivity contribution >= 4 is 23.1 Å². The number of nitrogens with zero attached hydrogens (tertiary/aromatic N) is 3. The maximum absolute atomic E-state index is 12.8. The van der Waals surface area contributed by atoms with E-state index in [-0.39, 0.29) is 17.8 Å². The first kappa shape index (κ1) is 15.4.